The number of hydrogen-bond donors (Lipinski definition) is 1. The Balaban J connectivity index is 0.00000156. The quantitative estimate of drug-likeness (QED) is 0.860. The van der Waals surface area contributed by atoms with Crippen molar-refractivity contribution < 1.29 is 9.18 Å². The zero-order valence-electron chi connectivity index (χ0n) is 14.4. The van der Waals surface area contributed by atoms with Crippen molar-refractivity contribution in [3.05, 3.63) is 30.1 Å². The highest BCUT2D eigenvalue weighted by Gasteiger charge is 2.28. The van der Waals surface area contributed by atoms with Crippen LogP contribution in [0.15, 0.2) is 24.3 Å². The fourth-order valence-electron chi connectivity index (χ4n) is 3.71. The van der Waals surface area contributed by atoms with Crippen LogP contribution in [0.3, 0.4) is 0 Å². The Morgan fingerprint density at radius 2 is 1.64 bits per heavy atom. The number of amides is 1. The van der Waals surface area contributed by atoms with Crippen LogP contribution in [0, 0.1) is 11.7 Å². The van der Waals surface area contributed by atoms with Gasteiger partial charge in [0.25, 0.3) is 0 Å². The lowest BCUT2D eigenvalue weighted by Crippen LogP contribution is -2.49. The Hall–Kier alpha value is -1.04. The molecular formula is C18H28Cl2FN3O. The third-order valence-corrected chi connectivity index (χ3v) is 5.23. The molecule has 1 aliphatic carbocycles. The van der Waals surface area contributed by atoms with Crippen molar-refractivity contribution in [1.29, 1.82) is 0 Å². The Morgan fingerprint density at radius 3 is 2.24 bits per heavy atom. The Labute approximate surface area is 161 Å². The second-order valence-electron chi connectivity index (χ2n) is 6.76. The number of carbonyl (C=O) groups is 1. The standard InChI is InChI=1S/C18H26FN3O.2ClH/c19-15-5-7-16(8-6-15)21-9-11-22(12-10-21)18(23)13-14-3-1-2-4-17(14)20;;/h5-8,14,17H,1-4,9-13,20H2;2*1H. The van der Waals surface area contributed by atoms with Crippen LogP contribution in [0.4, 0.5) is 10.1 Å². The average molecular weight is 392 g/mol. The van der Waals surface area contributed by atoms with E-state index in [1.165, 1.54) is 25.0 Å². The molecule has 2 atom stereocenters. The van der Waals surface area contributed by atoms with Crippen molar-refractivity contribution in [3.8, 4) is 0 Å². The summed E-state index contributed by atoms with van der Waals surface area (Å²) in [7, 11) is 0. The maximum Gasteiger partial charge on any atom is 0.223 e. The monoisotopic (exact) mass is 391 g/mol. The van der Waals surface area contributed by atoms with E-state index in [4.69, 9.17) is 5.73 Å². The van der Waals surface area contributed by atoms with E-state index in [1.54, 1.807) is 12.1 Å². The number of rotatable bonds is 3. The van der Waals surface area contributed by atoms with Crippen LogP contribution in [0.5, 0.6) is 0 Å². The predicted octanol–water partition coefficient (Wildman–Crippen LogP) is 3.23. The Kier molecular flexibility index (Phi) is 8.97. The molecule has 1 aromatic rings. The predicted molar refractivity (Wildman–Crippen MR) is 104 cm³/mol. The maximum atomic E-state index is 13.0. The lowest BCUT2D eigenvalue weighted by molar-refractivity contribution is -0.132. The van der Waals surface area contributed by atoms with E-state index in [-0.39, 0.29) is 42.6 Å². The third-order valence-electron chi connectivity index (χ3n) is 5.23. The van der Waals surface area contributed by atoms with Gasteiger partial charge in [-0.25, -0.2) is 4.39 Å². The van der Waals surface area contributed by atoms with Gasteiger partial charge in [0.2, 0.25) is 5.91 Å². The highest BCUT2D eigenvalue weighted by Crippen LogP contribution is 2.26. The summed E-state index contributed by atoms with van der Waals surface area (Å²) in [4.78, 5) is 16.7. The molecule has 0 bridgehead atoms. The van der Waals surface area contributed by atoms with Gasteiger partial charge >= 0.3 is 0 Å². The fraction of sp³-hybridized carbons (Fsp3) is 0.611. The van der Waals surface area contributed by atoms with Crippen LogP contribution in [0.25, 0.3) is 0 Å². The minimum absolute atomic E-state index is 0. The van der Waals surface area contributed by atoms with Crippen molar-refractivity contribution in [2.75, 3.05) is 31.1 Å². The van der Waals surface area contributed by atoms with Crippen LogP contribution >= 0.6 is 24.8 Å². The van der Waals surface area contributed by atoms with Crippen molar-refractivity contribution >= 4 is 36.4 Å². The smallest absolute Gasteiger partial charge is 0.223 e. The molecule has 3 rings (SSSR count). The molecule has 25 heavy (non-hydrogen) atoms. The van der Waals surface area contributed by atoms with E-state index < -0.39 is 0 Å². The SMILES string of the molecule is Cl.Cl.NC1CCCCC1CC(=O)N1CCN(c2ccc(F)cc2)CC1. The normalized spacial score (nSPS) is 23.4. The van der Waals surface area contributed by atoms with Crippen LogP contribution in [0.1, 0.15) is 32.1 Å². The zero-order chi connectivity index (χ0) is 16.2. The average Bonchev–Trinajstić information content (AvgIpc) is 2.58. The van der Waals surface area contributed by atoms with Crippen molar-refractivity contribution in [2.24, 2.45) is 11.7 Å². The first-order valence-electron chi connectivity index (χ1n) is 8.67. The number of nitrogens with zero attached hydrogens (tertiary/aromatic N) is 2. The third kappa shape index (κ3) is 5.73. The molecule has 1 heterocycles. The molecule has 2 aliphatic rings. The molecule has 1 amide bonds. The summed E-state index contributed by atoms with van der Waals surface area (Å²) in [5.74, 6) is 0.379. The molecule has 1 saturated carbocycles. The van der Waals surface area contributed by atoms with Gasteiger partial charge in [-0.2, -0.15) is 0 Å². The summed E-state index contributed by atoms with van der Waals surface area (Å²) in [6.45, 7) is 3.07. The molecule has 2 N–H and O–H groups in total. The highest BCUT2D eigenvalue weighted by atomic mass is 35.5. The Bertz CT molecular complexity index is 536. The number of halogens is 3. The number of anilines is 1. The first-order chi connectivity index (χ1) is 11.1. The van der Waals surface area contributed by atoms with Crippen LogP contribution in [-0.2, 0) is 4.79 Å². The van der Waals surface area contributed by atoms with E-state index >= 15 is 0 Å². The minimum Gasteiger partial charge on any atom is -0.368 e. The molecule has 0 spiro atoms. The minimum atomic E-state index is -0.216. The largest absolute Gasteiger partial charge is 0.368 e. The first kappa shape index (κ1) is 22.0. The van der Waals surface area contributed by atoms with E-state index in [9.17, 15) is 9.18 Å². The zero-order valence-corrected chi connectivity index (χ0v) is 16.0. The van der Waals surface area contributed by atoms with Gasteiger partial charge in [-0.3, -0.25) is 4.79 Å². The van der Waals surface area contributed by atoms with Gasteiger partial charge in [-0.1, -0.05) is 12.8 Å². The first-order valence-corrected chi connectivity index (χ1v) is 8.67. The van der Waals surface area contributed by atoms with Gasteiger partial charge in [0.05, 0.1) is 0 Å². The van der Waals surface area contributed by atoms with E-state index in [1.807, 2.05) is 4.90 Å². The van der Waals surface area contributed by atoms with Gasteiger partial charge in [0.15, 0.2) is 0 Å². The molecule has 1 aliphatic heterocycles. The fourth-order valence-corrected chi connectivity index (χ4v) is 3.71. The second-order valence-corrected chi connectivity index (χ2v) is 6.76. The van der Waals surface area contributed by atoms with Gasteiger partial charge < -0.3 is 15.5 Å². The summed E-state index contributed by atoms with van der Waals surface area (Å²) < 4.78 is 13.0. The molecule has 0 radical (unpaired) electrons. The van der Waals surface area contributed by atoms with Gasteiger partial charge in [-0.05, 0) is 43.0 Å². The van der Waals surface area contributed by atoms with E-state index in [2.05, 4.69) is 4.90 Å². The molecule has 0 aromatic heterocycles. The second kappa shape index (κ2) is 10.2. The molecular weight excluding hydrogens is 364 g/mol. The van der Waals surface area contributed by atoms with Crippen molar-refractivity contribution in [2.45, 2.75) is 38.1 Å². The summed E-state index contributed by atoms with van der Waals surface area (Å²) >= 11 is 0. The summed E-state index contributed by atoms with van der Waals surface area (Å²) in [5.41, 5.74) is 7.18. The van der Waals surface area contributed by atoms with E-state index in [0.717, 1.165) is 44.7 Å². The number of benzene rings is 1. The molecule has 4 nitrogen and oxygen atoms in total. The number of carbonyl (C=O) groups excluding carboxylic acids is 1. The maximum absolute atomic E-state index is 13.0. The molecule has 2 unspecified atom stereocenters. The summed E-state index contributed by atoms with van der Waals surface area (Å²) in [6.07, 6.45) is 5.13. The molecule has 2 fully saturated rings. The number of nitrogens with two attached hydrogens (primary N) is 1. The molecule has 1 saturated heterocycles. The van der Waals surface area contributed by atoms with Crippen LogP contribution in [-0.4, -0.2) is 43.0 Å². The van der Waals surface area contributed by atoms with Gasteiger partial charge in [0, 0.05) is 44.3 Å². The van der Waals surface area contributed by atoms with Crippen molar-refractivity contribution in [1.82, 2.24) is 4.90 Å². The van der Waals surface area contributed by atoms with Crippen LogP contribution < -0.4 is 10.6 Å². The number of hydrogen-bond acceptors (Lipinski definition) is 3. The lowest BCUT2D eigenvalue weighted by Gasteiger charge is -2.37. The summed E-state index contributed by atoms with van der Waals surface area (Å²) in [6, 6.07) is 6.75. The molecule has 142 valence electrons. The van der Waals surface area contributed by atoms with E-state index in [0.29, 0.717) is 12.3 Å². The molecule has 7 heteroatoms. The molecule has 1 aromatic carbocycles. The van der Waals surface area contributed by atoms with Gasteiger partial charge in [-0.15, -0.1) is 24.8 Å². The Morgan fingerprint density at radius 1 is 1.04 bits per heavy atom. The lowest BCUT2D eigenvalue weighted by atomic mass is 9.82. The van der Waals surface area contributed by atoms with Gasteiger partial charge in [0.1, 0.15) is 5.82 Å². The summed E-state index contributed by atoms with van der Waals surface area (Å²) in [5, 5.41) is 0. The highest BCUT2D eigenvalue weighted by molar-refractivity contribution is 5.85. The van der Waals surface area contributed by atoms with Crippen molar-refractivity contribution in [3.63, 3.8) is 0 Å². The number of piperazine rings is 1. The topological polar surface area (TPSA) is 49.6 Å². The van der Waals surface area contributed by atoms with Crippen LogP contribution in [0.2, 0.25) is 0 Å².